The second-order valence-electron chi connectivity index (χ2n) is 12.6. The minimum absolute atomic E-state index is 0.152. The molecular formula is C35H62O3. The first-order valence-electron chi connectivity index (χ1n) is 16.3. The average Bonchev–Trinajstić information content (AvgIpc) is 2.85. The van der Waals surface area contributed by atoms with Gasteiger partial charge < -0.3 is 10.2 Å². The first kappa shape index (κ1) is 34.5. The van der Waals surface area contributed by atoms with Crippen molar-refractivity contribution in [2.45, 2.75) is 169 Å². The van der Waals surface area contributed by atoms with Crippen molar-refractivity contribution in [1.29, 1.82) is 0 Å². The summed E-state index contributed by atoms with van der Waals surface area (Å²) < 4.78 is 0. The lowest BCUT2D eigenvalue weighted by molar-refractivity contribution is -0.136. The van der Waals surface area contributed by atoms with Crippen LogP contribution in [0.15, 0.2) is 6.07 Å². The first-order valence-corrected chi connectivity index (χ1v) is 16.3. The van der Waals surface area contributed by atoms with Crippen molar-refractivity contribution in [3.8, 4) is 5.75 Å². The zero-order chi connectivity index (χ0) is 28.2. The van der Waals surface area contributed by atoms with Gasteiger partial charge in [-0.15, -0.1) is 0 Å². The summed E-state index contributed by atoms with van der Waals surface area (Å²) in [5.74, 6) is 0.624. The molecule has 1 rings (SSSR count). The van der Waals surface area contributed by atoms with Gasteiger partial charge in [0.15, 0.2) is 0 Å². The highest BCUT2D eigenvalue weighted by Gasteiger charge is 2.19. The third-order valence-electron chi connectivity index (χ3n) is 7.82. The van der Waals surface area contributed by atoms with Gasteiger partial charge in [-0.05, 0) is 66.2 Å². The molecule has 0 aliphatic rings. The second kappa shape index (κ2) is 21.3. The number of carboxylic acid groups (broad SMARTS) is 1. The number of aromatic hydroxyl groups is 1. The number of phenols is 1. The van der Waals surface area contributed by atoms with Crippen LogP contribution < -0.4 is 0 Å². The molecule has 0 aliphatic heterocycles. The molecule has 2 N–H and O–H groups in total. The van der Waals surface area contributed by atoms with E-state index < -0.39 is 5.97 Å². The molecule has 220 valence electrons. The van der Waals surface area contributed by atoms with Gasteiger partial charge in [0.25, 0.3) is 0 Å². The Bertz CT molecular complexity index is 750. The van der Waals surface area contributed by atoms with E-state index in [-0.39, 0.29) is 6.42 Å². The van der Waals surface area contributed by atoms with E-state index in [0.29, 0.717) is 24.0 Å². The largest absolute Gasteiger partial charge is 0.507 e. The van der Waals surface area contributed by atoms with E-state index in [4.69, 9.17) is 0 Å². The third kappa shape index (κ3) is 15.8. The van der Waals surface area contributed by atoms with E-state index in [2.05, 4.69) is 40.7 Å². The molecule has 1 aromatic carbocycles. The molecule has 0 saturated heterocycles. The summed E-state index contributed by atoms with van der Waals surface area (Å²) >= 11 is 0. The smallest absolute Gasteiger partial charge is 0.303 e. The summed E-state index contributed by atoms with van der Waals surface area (Å²) in [6, 6.07) is 2.11. The lowest BCUT2D eigenvalue weighted by atomic mass is 9.85. The molecule has 0 aliphatic carbocycles. The van der Waals surface area contributed by atoms with Gasteiger partial charge in [0.05, 0.1) is 0 Å². The average molecular weight is 531 g/mol. The maximum atomic E-state index is 11.3. The number of aliphatic carboxylic acids is 1. The minimum atomic E-state index is -0.748. The number of unbranched alkanes of at least 4 members (excludes halogenated alkanes) is 15. The standard InChI is InChI=1S/C35H62O3/c1-6-7-8-9-10-11-12-13-14-15-16-17-18-19-20-21-22-32-30(23-24-34(36)37)27-31(25-28(2)3)35(38)33(32)26-29(4)5/h27-29,38H,6-26H2,1-5H3,(H,36,37). The van der Waals surface area contributed by atoms with Gasteiger partial charge in [-0.25, -0.2) is 0 Å². The van der Waals surface area contributed by atoms with Crippen molar-refractivity contribution in [3.05, 3.63) is 28.3 Å². The summed E-state index contributed by atoms with van der Waals surface area (Å²) in [5, 5.41) is 20.5. The molecule has 3 heteroatoms. The van der Waals surface area contributed by atoms with Gasteiger partial charge in [-0.1, -0.05) is 137 Å². The van der Waals surface area contributed by atoms with E-state index in [1.54, 1.807) is 0 Å². The Hall–Kier alpha value is -1.51. The summed E-state index contributed by atoms with van der Waals surface area (Å²) in [6.45, 7) is 11.0. The maximum Gasteiger partial charge on any atom is 0.303 e. The highest BCUT2D eigenvalue weighted by molar-refractivity contribution is 5.67. The van der Waals surface area contributed by atoms with E-state index in [0.717, 1.165) is 42.4 Å². The molecule has 1 aromatic rings. The monoisotopic (exact) mass is 530 g/mol. The van der Waals surface area contributed by atoms with E-state index in [1.807, 2.05) is 0 Å². The second-order valence-corrected chi connectivity index (χ2v) is 12.6. The van der Waals surface area contributed by atoms with Gasteiger partial charge in [-0.2, -0.15) is 0 Å². The van der Waals surface area contributed by atoms with E-state index in [1.165, 1.54) is 102 Å². The van der Waals surface area contributed by atoms with Gasteiger partial charge in [0.2, 0.25) is 0 Å². The molecule has 0 saturated carbocycles. The summed E-state index contributed by atoms with van der Waals surface area (Å²) in [6.07, 6.45) is 25.1. The zero-order valence-corrected chi connectivity index (χ0v) is 25.9. The number of carbonyl (C=O) groups is 1. The summed E-state index contributed by atoms with van der Waals surface area (Å²) in [5.41, 5.74) is 4.46. The molecule has 0 aromatic heterocycles. The van der Waals surface area contributed by atoms with Crippen molar-refractivity contribution in [2.75, 3.05) is 0 Å². The Morgan fingerprint density at radius 1 is 0.632 bits per heavy atom. The van der Waals surface area contributed by atoms with Crippen LogP contribution in [0.3, 0.4) is 0 Å². The fraction of sp³-hybridized carbons (Fsp3) is 0.800. The van der Waals surface area contributed by atoms with Crippen LogP contribution in [-0.2, 0) is 30.5 Å². The van der Waals surface area contributed by atoms with Gasteiger partial charge in [-0.3, -0.25) is 4.79 Å². The maximum absolute atomic E-state index is 11.3. The molecule has 0 heterocycles. The fourth-order valence-corrected chi connectivity index (χ4v) is 5.75. The highest BCUT2D eigenvalue weighted by atomic mass is 16.4. The summed E-state index contributed by atoms with van der Waals surface area (Å²) in [4.78, 5) is 11.3. The van der Waals surface area contributed by atoms with E-state index >= 15 is 0 Å². The van der Waals surface area contributed by atoms with Crippen LogP contribution in [0.2, 0.25) is 0 Å². The SMILES string of the molecule is CCCCCCCCCCCCCCCCCCc1c(CCC(=O)O)cc(CC(C)C)c(O)c1CC(C)C. The fourth-order valence-electron chi connectivity index (χ4n) is 5.75. The number of rotatable bonds is 24. The van der Waals surface area contributed by atoms with E-state index in [9.17, 15) is 15.0 Å². The van der Waals surface area contributed by atoms with Crippen molar-refractivity contribution in [2.24, 2.45) is 11.8 Å². The molecule has 0 bridgehead atoms. The van der Waals surface area contributed by atoms with Gasteiger partial charge >= 0.3 is 5.97 Å². The molecule has 38 heavy (non-hydrogen) atoms. The first-order chi connectivity index (χ1) is 18.3. The number of aryl methyl sites for hydroxylation is 1. The predicted molar refractivity (Wildman–Crippen MR) is 164 cm³/mol. The Labute approximate surface area is 236 Å². The molecule has 3 nitrogen and oxygen atoms in total. The van der Waals surface area contributed by atoms with Crippen LogP contribution in [0, 0.1) is 11.8 Å². The van der Waals surface area contributed by atoms with Crippen LogP contribution in [0.4, 0.5) is 0 Å². The molecule has 0 radical (unpaired) electrons. The molecule has 0 atom stereocenters. The Morgan fingerprint density at radius 3 is 1.50 bits per heavy atom. The van der Waals surface area contributed by atoms with Crippen LogP contribution in [-0.4, -0.2) is 16.2 Å². The van der Waals surface area contributed by atoms with Crippen LogP contribution in [0.25, 0.3) is 0 Å². The van der Waals surface area contributed by atoms with Crippen molar-refractivity contribution in [1.82, 2.24) is 0 Å². The quantitative estimate of drug-likeness (QED) is 0.131. The van der Waals surface area contributed by atoms with Crippen LogP contribution in [0.1, 0.15) is 166 Å². The number of benzene rings is 1. The Morgan fingerprint density at radius 2 is 1.08 bits per heavy atom. The molecule has 0 unspecified atom stereocenters. The van der Waals surface area contributed by atoms with Gasteiger partial charge in [0.1, 0.15) is 5.75 Å². The number of hydrogen-bond donors (Lipinski definition) is 2. The number of carboxylic acids is 1. The Balaban J connectivity index is 2.46. The summed E-state index contributed by atoms with van der Waals surface area (Å²) in [7, 11) is 0. The molecule has 0 spiro atoms. The van der Waals surface area contributed by atoms with Crippen molar-refractivity contribution < 1.29 is 15.0 Å². The molecular weight excluding hydrogens is 468 g/mol. The minimum Gasteiger partial charge on any atom is -0.507 e. The molecule has 0 fully saturated rings. The number of hydrogen-bond acceptors (Lipinski definition) is 2. The highest BCUT2D eigenvalue weighted by Crippen LogP contribution is 2.35. The predicted octanol–water partition coefficient (Wildman–Crippen LogP) is 10.6. The van der Waals surface area contributed by atoms with Crippen LogP contribution in [0.5, 0.6) is 5.75 Å². The topological polar surface area (TPSA) is 57.5 Å². The van der Waals surface area contributed by atoms with Gasteiger partial charge in [0, 0.05) is 6.42 Å². The lowest BCUT2D eigenvalue weighted by Gasteiger charge is -2.22. The normalized spacial score (nSPS) is 11.7. The van der Waals surface area contributed by atoms with Crippen LogP contribution >= 0.6 is 0 Å². The van der Waals surface area contributed by atoms with Crippen molar-refractivity contribution in [3.63, 3.8) is 0 Å². The zero-order valence-electron chi connectivity index (χ0n) is 25.9. The van der Waals surface area contributed by atoms with Crippen molar-refractivity contribution >= 4 is 5.97 Å². The molecule has 0 amide bonds. The lowest BCUT2D eigenvalue weighted by Crippen LogP contribution is -2.09. The third-order valence-corrected chi connectivity index (χ3v) is 7.82. The Kier molecular flexibility index (Phi) is 19.4. The number of phenolic OH excluding ortho intramolecular Hbond substituents is 1.